The van der Waals surface area contributed by atoms with Gasteiger partial charge in [0.15, 0.2) is 0 Å². The van der Waals surface area contributed by atoms with Crippen molar-refractivity contribution < 1.29 is 18.0 Å². The highest BCUT2D eigenvalue weighted by Crippen LogP contribution is 2.33. The van der Waals surface area contributed by atoms with Crippen molar-refractivity contribution in [1.29, 1.82) is 0 Å². The molecular weight excluding hydrogens is 665 g/mol. The molecule has 0 radical (unpaired) electrons. The minimum atomic E-state index is -4.33. The summed E-state index contributed by atoms with van der Waals surface area (Å²) in [7, 11) is -4.33. The van der Waals surface area contributed by atoms with Gasteiger partial charge in [0.05, 0.1) is 15.6 Å². The maximum atomic E-state index is 14.6. The molecule has 0 aliphatic heterocycles. The first-order chi connectivity index (χ1) is 21.9. The van der Waals surface area contributed by atoms with E-state index in [2.05, 4.69) is 5.32 Å². The zero-order valence-electron chi connectivity index (χ0n) is 25.8. The fraction of sp³-hybridized carbons (Fsp3) is 0.257. The third-order valence-corrected chi connectivity index (χ3v) is 10.0. The molecule has 1 unspecified atom stereocenters. The molecule has 1 atom stereocenters. The summed E-state index contributed by atoms with van der Waals surface area (Å²) in [6.45, 7) is 5.47. The number of rotatable bonds is 13. The number of nitrogens with zero attached hydrogens (tertiary/aromatic N) is 2. The molecule has 0 aromatic heterocycles. The van der Waals surface area contributed by atoms with Crippen LogP contribution in [0.3, 0.4) is 0 Å². The van der Waals surface area contributed by atoms with Crippen molar-refractivity contribution in [3.05, 3.63) is 129 Å². The fourth-order valence-electron chi connectivity index (χ4n) is 4.81. The Morgan fingerprint density at radius 3 is 2.13 bits per heavy atom. The van der Waals surface area contributed by atoms with Crippen LogP contribution in [0.1, 0.15) is 30.5 Å². The van der Waals surface area contributed by atoms with E-state index in [1.807, 2.05) is 51.1 Å². The van der Waals surface area contributed by atoms with E-state index in [9.17, 15) is 18.0 Å². The molecule has 0 spiro atoms. The summed E-state index contributed by atoms with van der Waals surface area (Å²) in [6, 6.07) is 26.1. The van der Waals surface area contributed by atoms with Crippen LogP contribution in [0.4, 0.5) is 5.69 Å². The van der Waals surface area contributed by atoms with Crippen molar-refractivity contribution in [3.8, 4) is 0 Å². The normalized spacial score (nSPS) is 12.1. The van der Waals surface area contributed by atoms with E-state index in [4.69, 9.17) is 34.8 Å². The summed E-state index contributed by atoms with van der Waals surface area (Å²) < 4.78 is 29.4. The molecule has 2 amide bonds. The van der Waals surface area contributed by atoms with Crippen molar-refractivity contribution in [2.45, 2.75) is 44.7 Å². The number of nitrogens with one attached hydrogen (secondary N) is 1. The molecule has 0 saturated heterocycles. The Morgan fingerprint density at radius 1 is 0.826 bits per heavy atom. The molecule has 242 valence electrons. The van der Waals surface area contributed by atoms with Crippen molar-refractivity contribution in [3.63, 3.8) is 0 Å². The number of halogens is 3. The Bertz CT molecular complexity index is 1770. The van der Waals surface area contributed by atoms with Gasteiger partial charge in [0.2, 0.25) is 11.8 Å². The van der Waals surface area contributed by atoms with Gasteiger partial charge in [-0.25, -0.2) is 8.42 Å². The molecule has 0 fully saturated rings. The summed E-state index contributed by atoms with van der Waals surface area (Å²) in [4.78, 5) is 29.8. The standard InChI is InChI=1S/C35H36Cl3N3O4S/c1-24(2)21-39-35(43)33(19-26-9-5-4-6-10-26)40(22-27-11-7-8-12-30(27)37)34(42)23-41(32-20-28(36)15-18-31(32)38)46(44,45)29-16-13-25(3)14-17-29/h4-18,20,24,33H,19,21-23H2,1-3H3,(H,39,43). The third kappa shape index (κ3) is 9.04. The Kier molecular flexibility index (Phi) is 12.1. The second-order valence-electron chi connectivity index (χ2n) is 11.4. The monoisotopic (exact) mass is 699 g/mol. The van der Waals surface area contributed by atoms with Crippen molar-refractivity contribution in [2.24, 2.45) is 5.92 Å². The summed E-state index contributed by atoms with van der Waals surface area (Å²) in [5, 5.41) is 3.69. The average Bonchev–Trinajstić information content (AvgIpc) is 3.03. The smallest absolute Gasteiger partial charge is 0.264 e. The summed E-state index contributed by atoms with van der Waals surface area (Å²) in [6.07, 6.45) is 0.184. The van der Waals surface area contributed by atoms with Gasteiger partial charge in [-0.1, -0.05) is 115 Å². The fourth-order valence-corrected chi connectivity index (χ4v) is 6.87. The number of carbonyl (C=O) groups is 2. The van der Waals surface area contributed by atoms with Crippen LogP contribution >= 0.6 is 34.8 Å². The largest absolute Gasteiger partial charge is 0.354 e. The molecule has 11 heteroatoms. The lowest BCUT2D eigenvalue weighted by Crippen LogP contribution is -2.53. The number of anilines is 1. The Balaban J connectivity index is 1.84. The van der Waals surface area contributed by atoms with E-state index in [1.165, 1.54) is 35.2 Å². The predicted molar refractivity (Wildman–Crippen MR) is 186 cm³/mol. The quantitative estimate of drug-likeness (QED) is 0.156. The minimum absolute atomic E-state index is 0.0321. The summed E-state index contributed by atoms with van der Waals surface area (Å²) in [5.74, 6) is -0.840. The summed E-state index contributed by atoms with van der Waals surface area (Å²) >= 11 is 19.4. The topological polar surface area (TPSA) is 86.8 Å². The molecular formula is C35H36Cl3N3O4S. The van der Waals surface area contributed by atoms with Crippen molar-refractivity contribution in [1.82, 2.24) is 10.2 Å². The van der Waals surface area contributed by atoms with E-state index in [1.54, 1.807) is 36.4 Å². The van der Waals surface area contributed by atoms with Gasteiger partial charge in [0.25, 0.3) is 10.0 Å². The van der Waals surface area contributed by atoms with Gasteiger partial charge in [-0.05, 0) is 60.4 Å². The minimum Gasteiger partial charge on any atom is -0.354 e. The molecule has 46 heavy (non-hydrogen) atoms. The zero-order valence-corrected chi connectivity index (χ0v) is 28.9. The molecule has 0 heterocycles. The van der Waals surface area contributed by atoms with Crippen LogP contribution in [0.15, 0.2) is 102 Å². The lowest BCUT2D eigenvalue weighted by molar-refractivity contribution is -0.140. The highest BCUT2D eigenvalue weighted by atomic mass is 35.5. The van der Waals surface area contributed by atoms with Crippen LogP contribution < -0.4 is 9.62 Å². The number of amides is 2. The number of hydrogen-bond acceptors (Lipinski definition) is 4. The maximum Gasteiger partial charge on any atom is 0.264 e. The van der Waals surface area contributed by atoms with Crippen molar-refractivity contribution >= 4 is 62.3 Å². The van der Waals surface area contributed by atoms with E-state index in [-0.39, 0.29) is 45.4 Å². The predicted octanol–water partition coefficient (Wildman–Crippen LogP) is 7.56. The SMILES string of the molecule is Cc1ccc(S(=O)(=O)N(CC(=O)N(Cc2ccccc2Cl)C(Cc2ccccc2)C(=O)NCC(C)C)c2cc(Cl)ccc2Cl)cc1. The molecule has 0 saturated carbocycles. The van der Waals surface area contributed by atoms with Gasteiger partial charge in [-0.3, -0.25) is 13.9 Å². The Morgan fingerprint density at radius 2 is 1.48 bits per heavy atom. The zero-order chi connectivity index (χ0) is 33.4. The van der Waals surface area contributed by atoms with Gasteiger partial charge in [-0.2, -0.15) is 0 Å². The molecule has 4 rings (SSSR count). The number of hydrogen-bond donors (Lipinski definition) is 1. The van der Waals surface area contributed by atoms with E-state index in [0.717, 1.165) is 15.4 Å². The number of benzene rings is 4. The first kappa shape index (κ1) is 35.3. The Labute approximate surface area is 286 Å². The van der Waals surface area contributed by atoms with Gasteiger partial charge < -0.3 is 10.2 Å². The van der Waals surface area contributed by atoms with E-state index >= 15 is 0 Å². The molecule has 0 aliphatic rings. The van der Waals surface area contributed by atoms with E-state index < -0.39 is 28.5 Å². The van der Waals surface area contributed by atoms with Crippen LogP contribution in [0.25, 0.3) is 0 Å². The lowest BCUT2D eigenvalue weighted by Gasteiger charge is -2.34. The van der Waals surface area contributed by atoms with Crippen LogP contribution in [-0.2, 0) is 32.6 Å². The molecule has 0 bridgehead atoms. The van der Waals surface area contributed by atoms with E-state index in [0.29, 0.717) is 17.1 Å². The molecule has 7 nitrogen and oxygen atoms in total. The number of sulfonamides is 1. The molecule has 1 N–H and O–H groups in total. The van der Waals surface area contributed by atoms with Gasteiger partial charge >= 0.3 is 0 Å². The second-order valence-corrected chi connectivity index (χ2v) is 14.5. The third-order valence-electron chi connectivity index (χ3n) is 7.32. The highest BCUT2D eigenvalue weighted by Gasteiger charge is 2.35. The maximum absolute atomic E-state index is 14.6. The first-order valence-electron chi connectivity index (χ1n) is 14.8. The first-order valence-corrected chi connectivity index (χ1v) is 17.3. The molecule has 4 aromatic carbocycles. The van der Waals surface area contributed by atoms with Crippen LogP contribution in [0, 0.1) is 12.8 Å². The van der Waals surface area contributed by atoms with Gasteiger partial charge in [0, 0.05) is 29.6 Å². The lowest BCUT2D eigenvalue weighted by atomic mass is 10.0. The average molecular weight is 701 g/mol. The van der Waals surface area contributed by atoms with Crippen molar-refractivity contribution in [2.75, 3.05) is 17.4 Å². The highest BCUT2D eigenvalue weighted by molar-refractivity contribution is 7.92. The van der Waals surface area contributed by atoms with Gasteiger partial charge in [-0.15, -0.1) is 0 Å². The van der Waals surface area contributed by atoms with Crippen LogP contribution in [-0.4, -0.2) is 44.3 Å². The summed E-state index contributed by atoms with van der Waals surface area (Å²) in [5.41, 5.74) is 2.32. The number of carbonyl (C=O) groups excluding carboxylic acids is 2. The molecule has 4 aromatic rings. The Hall–Kier alpha value is -3.56. The van der Waals surface area contributed by atoms with Crippen LogP contribution in [0.5, 0.6) is 0 Å². The number of aryl methyl sites for hydroxylation is 1. The second kappa shape index (κ2) is 15.8. The van der Waals surface area contributed by atoms with Gasteiger partial charge in [0.1, 0.15) is 12.6 Å². The van der Waals surface area contributed by atoms with Crippen LogP contribution in [0.2, 0.25) is 15.1 Å². The molecule has 0 aliphatic carbocycles.